The molecule has 2 aromatic rings. The Morgan fingerprint density at radius 2 is 2.33 bits per heavy atom. The lowest BCUT2D eigenvalue weighted by atomic mass is 10.1. The van der Waals surface area contributed by atoms with Crippen molar-refractivity contribution in [3.8, 4) is 11.8 Å². The molecule has 0 saturated carbocycles. The summed E-state index contributed by atoms with van der Waals surface area (Å²) in [6.07, 6.45) is 2.33. The van der Waals surface area contributed by atoms with Crippen molar-refractivity contribution >= 4 is 17.7 Å². The summed E-state index contributed by atoms with van der Waals surface area (Å²) in [6, 6.07) is 5.82. The molecule has 1 heterocycles. The van der Waals surface area contributed by atoms with Crippen LogP contribution in [0.3, 0.4) is 0 Å². The Kier molecular flexibility index (Phi) is 6.04. The van der Waals surface area contributed by atoms with E-state index >= 15 is 0 Å². The number of hydrogen-bond acceptors (Lipinski definition) is 4. The zero-order valence-electron chi connectivity index (χ0n) is 12.5. The number of carbonyl (C=O) groups is 1. The van der Waals surface area contributed by atoms with Gasteiger partial charge in [0.2, 0.25) is 0 Å². The zero-order valence-corrected chi connectivity index (χ0v) is 13.2. The normalized spacial score (nSPS) is 11.5. The number of hydrogen-bond donors (Lipinski definition) is 2. The molecule has 0 aliphatic rings. The van der Waals surface area contributed by atoms with Gasteiger partial charge in [0.25, 0.3) is 0 Å². The average Bonchev–Trinajstić information content (AvgIpc) is 3.07. The molecular weight excluding hydrogens is 339 g/mol. The van der Waals surface area contributed by atoms with Gasteiger partial charge in [-0.3, -0.25) is 0 Å². The van der Waals surface area contributed by atoms with Crippen LogP contribution in [0.4, 0.5) is 9.18 Å². The van der Waals surface area contributed by atoms with Crippen molar-refractivity contribution in [2.24, 2.45) is 0 Å². The first-order valence-electron chi connectivity index (χ1n) is 7.06. The maximum atomic E-state index is 13.5. The van der Waals surface area contributed by atoms with Crippen molar-refractivity contribution in [2.45, 2.75) is 18.9 Å². The van der Waals surface area contributed by atoms with Gasteiger partial charge in [-0.1, -0.05) is 11.6 Å². The van der Waals surface area contributed by atoms with Crippen LogP contribution in [0.25, 0.3) is 0 Å². The Labute approximate surface area is 142 Å². The molecule has 0 radical (unpaired) electrons. The third kappa shape index (κ3) is 4.64. The molecule has 126 valence electrons. The van der Waals surface area contributed by atoms with Gasteiger partial charge in [0.15, 0.2) is 0 Å². The minimum absolute atomic E-state index is 0.0223. The van der Waals surface area contributed by atoms with E-state index < -0.39 is 18.0 Å². The fourth-order valence-electron chi connectivity index (χ4n) is 2.10. The van der Waals surface area contributed by atoms with Crippen molar-refractivity contribution in [1.82, 2.24) is 5.32 Å². The Hall–Kier alpha value is -2.72. The van der Waals surface area contributed by atoms with Crippen molar-refractivity contribution < 1.29 is 23.4 Å². The first-order chi connectivity index (χ1) is 11.5. The second-order valence-electron chi connectivity index (χ2n) is 4.91. The van der Waals surface area contributed by atoms with Crippen molar-refractivity contribution in [1.29, 1.82) is 5.26 Å². The number of nitrogens with zero attached hydrogens (tertiary/aromatic N) is 1. The third-order valence-electron chi connectivity index (χ3n) is 3.25. The number of amides is 1. The molecule has 0 fully saturated rings. The Balaban J connectivity index is 2.15. The van der Waals surface area contributed by atoms with Crippen LogP contribution in [0.15, 0.2) is 35.1 Å². The number of carboxylic acid groups (broad SMARTS) is 1. The van der Waals surface area contributed by atoms with Crippen LogP contribution >= 0.6 is 11.6 Å². The lowest BCUT2D eigenvalue weighted by Crippen LogP contribution is -2.22. The number of furan rings is 1. The summed E-state index contributed by atoms with van der Waals surface area (Å²) in [7, 11) is 0. The van der Waals surface area contributed by atoms with Crippen LogP contribution in [-0.2, 0) is 0 Å². The van der Waals surface area contributed by atoms with E-state index in [-0.39, 0.29) is 22.9 Å². The summed E-state index contributed by atoms with van der Waals surface area (Å²) in [5.41, 5.74) is 0.740. The predicted octanol–water partition coefficient (Wildman–Crippen LogP) is 4.11. The van der Waals surface area contributed by atoms with E-state index in [0.717, 1.165) is 11.6 Å². The minimum Gasteiger partial charge on any atom is -0.484 e. The molecule has 1 amide bonds. The van der Waals surface area contributed by atoms with Crippen LogP contribution < -0.4 is 10.1 Å². The van der Waals surface area contributed by atoms with Gasteiger partial charge < -0.3 is 19.6 Å². The highest BCUT2D eigenvalue weighted by molar-refractivity contribution is 6.30. The minimum atomic E-state index is -1.10. The molecule has 1 atom stereocenters. The second-order valence-corrected chi connectivity index (χ2v) is 5.32. The summed E-state index contributed by atoms with van der Waals surface area (Å²) >= 11 is 5.75. The predicted molar refractivity (Wildman–Crippen MR) is 83.5 cm³/mol. The number of rotatable bonds is 7. The maximum absolute atomic E-state index is 13.5. The second kappa shape index (κ2) is 8.22. The summed E-state index contributed by atoms with van der Waals surface area (Å²) in [5.74, 6) is -0.549. The lowest BCUT2D eigenvalue weighted by Gasteiger charge is -2.19. The molecule has 8 heteroatoms. The van der Waals surface area contributed by atoms with Gasteiger partial charge in [-0.05, 0) is 25.0 Å². The molecule has 2 N–H and O–H groups in total. The number of nitrogens with one attached hydrogen (secondary N) is 1. The highest BCUT2D eigenvalue weighted by Crippen LogP contribution is 2.32. The summed E-state index contributed by atoms with van der Waals surface area (Å²) in [6.45, 7) is 0.252. The summed E-state index contributed by atoms with van der Waals surface area (Å²) < 4.78 is 24.3. The molecule has 1 aromatic carbocycles. The van der Waals surface area contributed by atoms with E-state index in [9.17, 15) is 9.18 Å². The van der Waals surface area contributed by atoms with E-state index in [2.05, 4.69) is 5.32 Å². The van der Waals surface area contributed by atoms with Crippen LogP contribution in [0, 0.1) is 17.1 Å². The van der Waals surface area contributed by atoms with Crippen LogP contribution in [-0.4, -0.2) is 17.7 Å². The van der Waals surface area contributed by atoms with Crippen LogP contribution in [0.1, 0.15) is 30.1 Å². The molecule has 2 rings (SSSR count). The van der Waals surface area contributed by atoms with Crippen molar-refractivity contribution in [2.75, 3.05) is 6.54 Å². The van der Waals surface area contributed by atoms with E-state index in [1.807, 2.05) is 6.07 Å². The molecule has 1 aromatic heterocycles. The first kappa shape index (κ1) is 17.6. The quantitative estimate of drug-likeness (QED) is 0.731. The smallest absolute Gasteiger partial charge is 0.404 e. The Morgan fingerprint density at radius 3 is 2.96 bits per heavy atom. The SMILES string of the molecule is N#Cc1cc(F)c(Cl)cc1O[C@H](CCCNC(=O)O)c1ccoc1. The van der Waals surface area contributed by atoms with Gasteiger partial charge in [-0.25, -0.2) is 9.18 Å². The number of nitriles is 1. The van der Waals surface area contributed by atoms with E-state index in [0.29, 0.717) is 12.8 Å². The third-order valence-corrected chi connectivity index (χ3v) is 3.54. The van der Waals surface area contributed by atoms with Gasteiger partial charge >= 0.3 is 6.09 Å². The van der Waals surface area contributed by atoms with E-state index in [1.54, 1.807) is 6.07 Å². The standard InChI is InChI=1S/C16H14ClFN2O4/c17-12-7-15(11(8-19)6-13(12)18)24-14(10-3-5-23-9-10)2-1-4-20-16(21)22/h3,5-7,9,14,20H,1-2,4H2,(H,21,22)/t14-/m1/s1. The molecule has 24 heavy (non-hydrogen) atoms. The highest BCUT2D eigenvalue weighted by atomic mass is 35.5. The lowest BCUT2D eigenvalue weighted by molar-refractivity contribution is 0.183. The molecule has 0 spiro atoms. The number of halogens is 2. The molecule has 0 unspecified atom stereocenters. The van der Waals surface area contributed by atoms with Gasteiger partial charge in [0, 0.05) is 18.2 Å². The molecule has 0 aliphatic heterocycles. The average molecular weight is 353 g/mol. The Bertz CT molecular complexity index is 743. The monoisotopic (exact) mass is 352 g/mol. The topological polar surface area (TPSA) is 95.5 Å². The zero-order chi connectivity index (χ0) is 17.5. The summed E-state index contributed by atoms with van der Waals surface area (Å²) in [4.78, 5) is 10.5. The fraction of sp³-hybridized carbons (Fsp3) is 0.250. The van der Waals surface area contributed by atoms with Gasteiger partial charge in [0.05, 0.1) is 23.1 Å². The number of benzene rings is 1. The molecule has 0 aliphatic carbocycles. The first-order valence-corrected chi connectivity index (χ1v) is 7.43. The van der Waals surface area contributed by atoms with Gasteiger partial charge in [-0.15, -0.1) is 0 Å². The molecule has 0 bridgehead atoms. The Morgan fingerprint density at radius 1 is 1.54 bits per heavy atom. The van der Waals surface area contributed by atoms with Gasteiger partial charge in [0.1, 0.15) is 23.7 Å². The maximum Gasteiger partial charge on any atom is 0.404 e. The van der Waals surface area contributed by atoms with Crippen molar-refractivity contribution in [3.63, 3.8) is 0 Å². The number of ether oxygens (including phenoxy) is 1. The van der Waals surface area contributed by atoms with E-state index in [4.69, 9.17) is 31.1 Å². The van der Waals surface area contributed by atoms with E-state index in [1.165, 1.54) is 18.6 Å². The molecule has 0 saturated heterocycles. The van der Waals surface area contributed by atoms with Crippen LogP contribution in [0.2, 0.25) is 5.02 Å². The molecule has 6 nitrogen and oxygen atoms in total. The van der Waals surface area contributed by atoms with Crippen molar-refractivity contribution in [3.05, 3.63) is 52.7 Å². The highest BCUT2D eigenvalue weighted by Gasteiger charge is 2.18. The largest absolute Gasteiger partial charge is 0.484 e. The van der Waals surface area contributed by atoms with Crippen LogP contribution in [0.5, 0.6) is 5.75 Å². The van der Waals surface area contributed by atoms with Gasteiger partial charge in [-0.2, -0.15) is 5.26 Å². The molecular formula is C16H14ClFN2O4. The fourth-order valence-corrected chi connectivity index (χ4v) is 2.25. The summed E-state index contributed by atoms with van der Waals surface area (Å²) in [5, 5.41) is 19.8.